The van der Waals surface area contributed by atoms with Crippen LogP contribution in [0.2, 0.25) is 0 Å². The third-order valence-corrected chi connectivity index (χ3v) is 1.02. The van der Waals surface area contributed by atoms with Gasteiger partial charge < -0.3 is 15.6 Å². The van der Waals surface area contributed by atoms with Crippen molar-refractivity contribution in [2.45, 2.75) is 32.5 Å². The summed E-state index contributed by atoms with van der Waals surface area (Å²) in [6, 6.07) is 0. The van der Waals surface area contributed by atoms with E-state index in [2.05, 4.69) is 0 Å². The molecule has 54 valence electrons. The summed E-state index contributed by atoms with van der Waals surface area (Å²) in [4.78, 5) is 0. The molecule has 0 aliphatic carbocycles. The maximum absolute atomic E-state index is 8.73. The smallest absolute Gasteiger partial charge is 0.0886 e. The molecule has 2 atom stereocenters. The number of nitrogens with one attached hydrogen (secondary N) is 1. The zero-order valence-electron chi connectivity index (χ0n) is 5.76. The summed E-state index contributed by atoms with van der Waals surface area (Å²) in [5.74, 6) is 0. The van der Waals surface area contributed by atoms with E-state index < -0.39 is 12.2 Å². The Bertz CT molecular complexity index is 99.2. The largest absolute Gasteiger partial charge is 0.393 e. The molecule has 0 rings (SSSR count). The summed E-state index contributed by atoms with van der Waals surface area (Å²) in [6.45, 7) is 3.11. The molecule has 9 heavy (non-hydrogen) atoms. The number of aliphatic hydroxyl groups excluding tert-OH is 2. The van der Waals surface area contributed by atoms with Crippen molar-refractivity contribution in [3.8, 4) is 0 Å². The van der Waals surface area contributed by atoms with E-state index >= 15 is 0 Å². The van der Waals surface area contributed by atoms with Crippen LogP contribution in [0.5, 0.6) is 0 Å². The molecule has 0 saturated heterocycles. The van der Waals surface area contributed by atoms with E-state index in [9.17, 15) is 0 Å². The van der Waals surface area contributed by atoms with Crippen LogP contribution >= 0.6 is 0 Å². The van der Waals surface area contributed by atoms with Gasteiger partial charge in [-0.2, -0.15) is 0 Å². The van der Waals surface area contributed by atoms with Gasteiger partial charge in [0, 0.05) is 12.1 Å². The summed E-state index contributed by atoms with van der Waals surface area (Å²) in [7, 11) is 0. The number of aliphatic hydroxyl groups is 2. The lowest BCUT2D eigenvalue weighted by Crippen LogP contribution is -2.19. The molecule has 0 aromatic heterocycles. The van der Waals surface area contributed by atoms with Crippen molar-refractivity contribution in [3.05, 3.63) is 0 Å². The highest BCUT2D eigenvalue weighted by atomic mass is 16.3. The van der Waals surface area contributed by atoms with Crippen molar-refractivity contribution in [2.75, 3.05) is 0 Å². The summed E-state index contributed by atoms with van der Waals surface area (Å²) < 4.78 is 0. The normalized spacial score (nSPS) is 16.9. The van der Waals surface area contributed by atoms with Crippen LogP contribution in [0.3, 0.4) is 0 Å². The molecule has 0 bridgehead atoms. The summed E-state index contributed by atoms with van der Waals surface area (Å²) in [5, 5.41) is 24.5. The Morgan fingerprint density at radius 1 is 1.44 bits per heavy atom. The zero-order chi connectivity index (χ0) is 7.44. The first-order valence-electron chi connectivity index (χ1n) is 2.97. The van der Waals surface area contributed by atoms with Crippen LogP contribution in [-0.2, 0) is 0 Å². The molecular formula is C6H13NO2. The fraction of sp³-hybridized carbons (Fsp3) is 0.833. The number of rotatable bonds is 3. The van der Waals surface area contributed by atoms with E-state index in [1.54, 1.807) is 6.92 Å². The number of hydrogen-bond acceptors (Lipinski definition) is 3. The molecule has 0 fully saturated rings. The van der Waals surface area contributed by atoms with Crippen molar-refractivity contribution >= 4 is 5.71 Å². The highest BCUT2D eigenvalue weighted by Crippen LogP contribution is 1.95. The van der Waals surface area contributed by atoms with Gasteiger partial charge in [0.1, 0.15) is 0 Å². The SMILES string of the molecule is CC(O)CC(=N)C(C)O. The molecule has 0 saturated carbocycles. The highest BCUT2D eigenvalue weighted by Gasteiger charge is 2.06. The van der Waals surface area contributed by atoms with E-state index in [0.717, 1.165) is 0 Å². The van der Waals surface area contributed by atoms with Crippen LogP contribution in [-0.4, -0.2) is 28.1 Å². The van der Waals surface area contributed by atoms with E-state index in [1.807, 2.05) is 0 Å². The van der Waals surface area contributed by atoms with Gasteiger partial charge in [-0.3, -0.25) is 0 Å². The predicted molar refractivity (Wildman–Crippen MR) is 35.7 cm³/mol. The van der Waals surface area contributed by atoms with Crippen LogP contribution in [0.15, 0.2) is 0 Å². The maximum atomic E-state index is 8.73. The van der Waals surface area contributed by atoms with Gasteiger partial charge in [0.15, 0.2) is 0 Å². The van der Waals surface area contributed by atoms with E-state index in [-0.39, 0.29) is 12.1 Å². The molecule has 0 amide bonds. The van der Waals surface area contributed by atoms with Crippen LogP contribution in [0.1, 0.15) is 20.3 Å². The Kier molecular flexibility index (Phi) is 3.42. The van der Waals surface area contributed by atoms with Gasteiger partial charge in [-0.25, -0.2) is 0 Å². The van der Waals surface area contributed by atoms with Crippen LogP contribution in [0, 0.1) is 5.41 Å². The first-order valence-corrected chi connectivity index (χ1v) is 2.97. The second kappa shape index (κ2) is 3.58. The van der Waals surface area contributed by atoms with Gasteiger partial charge in [0.2, 0.25) is 0 Å². The monoisotopic (exact) mass is 131 g/mol. The molecule has 0 aliphatic rings. The Morgan fingerprint density at radius 3 is 2.00 bits per heavy atom. The minimum absolute atomic E-state index is 0.185. The quantitative estimate of drug-likeness (QED) is 0.478. The third kappa shape index (κ3) is 4.12. The lowest BCUT2D eigenvalue weighted by atomic mass is 10.1. The van der Waals surface area contributed by atoms with E-state index in [0.29, 0.717) is 0 Å². The molecule has 0 aromatic rings. The highest BCUT2D eigenvalue weighted by molar-refractivity contribution is 5.85. The van der Waals surface area contributed by atoms with Crippen molar-refractivity contribution in [1.29, 1.82) is 5.41 Å². The van der Waals surface area contributed by atoms with Crippen molar-refractivity contribution in [3.63, 3.8) is 0 Å². The molecular weight excluding hydrogens is 118 g/mol. The van der Waals surface area contributed by atoms with Gasteiger partial charge in [-0.05, 0) is 13.8 Å². The van der Waals surface area contributed by atoms with Gasteiger partial charge in [-0.1, -0.05) is 0 Å². The molecule has 3 N–H and O–H groups in total. The van der Waals surface area contributed by atoms with Crippen LogP contribution < -0.4 is 0 Å². The molecule has 3 heteroatoms. The second-order valence-electron chi connectivity index (χ2n) is 2.25. The van der Waals surface area contributed by atoms with Gasteiger partial charge in [0.25, 0.3) is 0 Å². The van der Waals surface area contributed by atoms with Crippen LogP contribution in [0.25, 0.3) is 0 Å². The molecule has 0 spiro atoms. The lowest BCUT2D eigenvalue weighted by Gasteiger charge is -2.07. The Balaban J connectivity index is 3.51. The summed E-state index contributed by atoms with van der Waals surface area (Å²) in [6.07, 6.45) is -0.982. The Morgan fingerprint density at radius 2 is 1.89 bits per heavy atom. The van der Waals surface area contributed by atoms with E-state index in [1.165, 1.54) is 6.92 Å². The van der Waals surface area contributed by atoms with E-state index in [4.69, 9.17) is 15.6 Å². The summed E-state index contributed by atoms with van der Waals surface area (Å²) >= 11 is 0. The molecule has 0 aromatic carbocycles. The minimum Gasteiger partial charge on any atom is -0.393 e. The van der Waals surface area contributed by atoms with Crippen molar-refractivity contribution < 1.29 is 10.2 Å². The Hall–Kier alpha value is -0.410. The van der Waals surface area contributed by atoms with Crippen molar-refractivity contribution in [2.24, 2.45) is 0 Å². The fourth-order valence-electron chi connectivity index (χ4n) is 0.489. The van der Waals surface area contributed by atoms with Crippen molar-refractivity contribution in [1.82, 2.24) is 0 Å². The minimum atomic E-state index is -0.723. The lowest BCUT2D eigenvalue weighted by molar-refractivity contribution is 0.193. The first-order chi connectivity index (χ1) is 4.04. The van der Waals surface area contributed by atoms with Crippen LogP contribution in [0.4, 0.5) is 0 Å². The van der Waals surface area contributed by atoms with Gasteiger partial charge >= 0.3 is 0 Å². The molecule has 3 nitrogen and oxygen atoms in total. The standard InChI is InChI=1S/C6H13NO2/c1-4(8)3-6(7)5(2)9/h4-5,7-9H,3H2,1-2H3. The summed E-state index contributed by atoms with van der Waals surface area (Å²) in [5.41, 5.74) is 0.185. The zero-order valence-corrected chi connectivity index (χ0v) is 5.76. The molecule has 0 heterocycles. The average molecular weight is 131 g/mol. The maximum Gasteiger partial charge on any atom is 0.0886 e. The first kappa shape index (κ1) is 8.59. The third-order valence-electron chi connectivity index (χ3n) is 1.02. The van der Waals surface area contributed by atoms with Gasteiger partial charge in [-0.15, -0.1) is 0 Å². The Labute approximate surface area is 54.8 Å². The average Bonchev–Trinajstić information content (AvgIpc) is 1.63. The fourth-order valence-corrected chi connectivity index (χ4v) is 0.489. The number of hydrogen-bond donors (Lipinski definition) is 3. The predicted octanol–water partition coefficient (Wildman–Crippen LogP) is 0.158. The van der Waals surface area contributed by atoms with Gasteiger partial charge in [0.05, 0.1) is 12.2 Å². The second-order valence-corrected chi connectivity index (χ2v) is 2.25. The molecule has 0 radical (unpaired) electrons. The topological polar surface area (TPSA) is 64.3 Å². The molecule has 0 aliphatic heterocycles. The molecule has 2 unspecified atom stereocenters.